The van der Waals surface area contributed by atoms with Gasteiger partial charge in [0.15, 0.2) is 6.10 Å². The molecule has 0 fully saturated rings. The molecule has 0 heterocycles. The van der Waals surface area contributed by atoms with E-state index in [0.29, 0.717) is 13.0 Å². The molecule has 230 valence electrons. The SMILES string of the molecule is CCC=CCC=CCC=CCC=CCC=CCCCCOC(CC)C(=O)OCCNC(=O)c1ccccc1OC(C)=O. The Labute approximate surface area is 252 Å². The van der Waals surface area contributed by atoms with Gasteiger partial charge in [0.05, 0.1) is 12.1 Å². The van der Waals surface area contributed by atoms with Crippen LogP contribution in [0.1, 0.15) is 88.9 Å². The Balaban J connectivity index is 2.12. The second-order valence-electron chi connectivity index (χ2n) is 9.48. The van der Waals surface area contributed by atoms with Crippen molar-refractivity contribution in [2.45, 2.75) is 84.7 Å². The molecule has 1 amide bonds. The van der Waals surface area contributed by atoms with E-state index in [1.807, 2.05) is 6.92 Å². The summed E-state index contributed by atoms with van der Waals surface area (Å²) in [6, 6.07) is 6.45. The molecule has 0 aliphatic carbocycles. The van der Waals surface area contributed by atoms with E-state index in [1.165, 1.54) is 6.92 Å². The van der Waals surface area contributed by atoms with Crippen molar-refractivity contribution in [3.63, 3.8) is 0 Å². The van der Waals surface area contributed by atoms with E-state index in [9.17, 15) is 14.4 Å². The third kappa shape index (κ3) is 18.6. The van der Waals surface area contributed by atoms with Gasteiger partial charge >= 0.3 is 11.9 Å². The number of allylic oxidation sites excluding steroid dienone is 10. The molecule has 0 bridgehead atoms. The predicted octanol–water partition coefficient (Wildman–Crippen LogP) is 7.60. The van der Waals surface area contributed by atoms with E-state index in [0.717, 1.165) is 51.4 Å². The number of ether oxygens (including phenoxy) is 3. The summed E-state index contributed by atoms with van der Waals surface area (Å²) in [6.45, 7) is 5.92. The van der Waals surface area contributed by atoms with Crippen molar-refractivity contribution >= 4 is 17.8 Å². The third-order valence-corrected chi connectivity index (χ3v) is 5.89. The molecule has 1 atom stereocenters. The summed E-state index contributed by atoms with van der Waals surface area (Å²) >= 11 is 0. The van der Waals surface area contributed by atoms with Crippen molar-refractivity contribution in [1.82, 2.24) is 5.32 Å². The summed E-state index contributed by atoms with van der Waals surface area (Å²) in [4.78, 5) is 36.0. The van der Waals surface area contributed by atoms with Gasteiger partial charge in [0, 0.05) is 13.5 Å². The van der Waals surface area contributed by atoms with Crippen LogP contribution in [0.25, 0.3) is 0 Å². The quantitative estimate of drug-likeness (QED) is 0.0658. The number of carbonyl (C=O) groups is 3. The summed E-state index contributed by atoms with van der Waals surface area (Å²) in [5, 5.41) is 2.67. The van der Waals surface area contributed by atoms with Crippen LogP contribution in [-0.4, -0.2) is 43.7 Å². The first-order chi connectivity index (χ1) is 20.5. The topological polar surface area (TPSA) is 90.9 Å². The largest absolute Gasteiger partial charge is 0.462 e. The fourth-order valence-corrected chi connectivity index (χ4v) is 3.71. The number of hydrogen-bond acceptors (Lipinski definition) is 6. The lowest BCUT2D eigenvalue weighted by Crippen LogP contribution is -2.32. The number of rotatable bonds is 22. The molecule has 0 aliphatic rings. The van der Waals surface area contributed by atoms with Crippen molar-refractivity contribution in [3.8, 4) is 5.75 Å². The van der Waals surface area contributed by atoms with E-state index in [1.54, 1.807) is 24.3 Å². The molecule has 0 saturated heterocycles. The van der Waals surface area contributed by atoms with Crippen molar-refractivity contribution in [3.05, 3.63) is 90.6 Å². The van der Waals surface area contributed by atoms with Gasteiger partial charge in [-0.3, -0.25) is 9.59 Å². The van der Waals surface area contributed by atoms with Gasteiger partial charge in [-0.1, -0.05) is 86.7 Å². The second-order valence-corrected chi connectivity index (χ2v) is 9.48. The molecule has 0 aromatic heterocycles. The molecule has 0 saturated carbocycles. The van der Waals surface area contributed by atoms with Gasteiger partial charge in [-0.2, -0.15) is 0 Å². The zero-order valence-electron chi connectivity index (χ0n) is 25.6. The van der Waals surface area contributed by atoms with Crippen LogP contribution in [0.4, 0.5) is 0 Å². The number of nitrogens with one attached hydrogen (secondary N) is 1. The minimum Gasteiger partial charge on any atom is -0.462 e. The molecular weight excluding hydrogens is 530 g/mol. The number of benzene rings is 1. The Morgan fingerprint density at radius 1 is 0.786 bits per heavy atom. The molecule has 1 aromatic carbocycles. The van der Waals surface area contributed by atoms with E-state index in [4.69, 9.17) is 14.2 Å². The minimum absolute atomic E-state index is 0.0181. The molecule has 1 unspecified atom stereocenters. The number of hydrogen-bond donors (Lipinski definition) is 1. The first kappa shape index (κ1) is 36.3. The maximum atomic E-state index is 12.4. The standard InChI is InChI=1S/C35H49NO6/c1-4-6-7-8-9-10-11-12-13-14-15-16-17-18-19-20-21-24-28-40-32(5-2)35(39)41-29-27-36-34(38)31-25-22-23-26-33(31)42-30(3)37/h6-7,9-10,12-13,15-16,18-19,22-23,25-26,32H,4-5,8,11,14,17,20-21,24,27-29H2,1-3H3,(H,36,38). The molecule has 0 spiro atoms. The number of esters is 2. The van der Waals surface area contributed by atoms with Crippen LogP contribution in [0.3, 0.4) is 0 Å². The summed E-state index contributed by atoms with van der Waals surface area (Å²) in [5.74, 6) is -1.19. The maximum absolute atomic E-state index is 12.4. The van der Waals surface area contributed by atoms with Crippen molar-refractivity contribution in [2.24, 2.45) is 0 Å². The van der Waals surface area contributed by atoms with Crippen molar-refractivity contribution in [2.75, 3.05) is 19.8 Å². The lowest BCUT2D eigenvalue weighted by molar-refractivity contribution is -0.157. The third-order valence-electron chi connectivity index (χ3n) is 5.89. The Bertz CT molecular complexity index is 1050. The predicted molar refractivity (Wildman–Crippen MR) is 169 cm³/mol. The summed E-state index contributed by atoms with van der Waals surface area (Å²) < 4.78 is 16.1. The van der Waals surface area contributed by atoms with E-state index in [-0.39, 0.29) is 24.5 Å². The summed E-state index contributed by atoms with van der Waals surface area (Å²) in [7, 11) is 0. The first-order valence-electron chi connectivity index (χ1n) is 15.1. The van der Waals surface area contributed by atoms with Crippen LogP contribution in [0.5, 0.6) is 5.75 Å². The fraction of sp³-hybridized carbons (Fsp3) is 0.457. The van der Waals surface area contributed by atoms with Crippen LogP contribution >= 0.6 is 0 Å². The average molecular weight is 580 g/mol. The monoisotopic (exact) mass is 579 g/mol. The minimum atomic E-state index is -0.626. The van der Waals surface area contributed by atoms with Gasteiger partial charge in [-0.05, 0) is 69.9 Å². The number of carbonyl (C=O) groups excluding carboxylic acids is 3. The molecule has 42 heavy (non-hydrogen) atoms. The highest BCUT2D eigenvalue weighted by Crippen LogP contribution is 2.17. The number of amides is 1. The van der Waals surface area contributed by atoms with E-state index < -0.39 is 23.9 Å². The van der Waals surface area contributed by atoms with Gasteiger partial charge in [0.2, 0.25) is 0 Å². The molecule has 1 rings (SSSR count). The Kier molecular flexibility index (Phi) is 21.6. The van der Waals surface area contributed by atoms with Crippen LogP contribution in [-0.2, 0) is 19.1 Å². The van der Waals surface area contributed by atoms with Gasteiger partial charge in [0.1, 0.15) is 12.4 Å². The van der Waals surface area contributed by atoms with Crippen LogP contribution in [0, 0.1) is 0 Å². The normalized spacial score (nSPS) is 12.6. The Morgan fingerprint density at radius 2 is 1.38 bits per heavy atom. The molecule has 1 N–H and O–H groups in total. The highest BCUT2D eigenvalue weighted by molar-refractivity contribution is 5.97. The highest BCUT2D eigenvalue weighted by atomic mass is 16.6. The first-order valence-corrected chi connectivity index (χ1v) is 15.1. The maximum Gasteiger partial charge on any atom is 0.335 e. The lowest BCUT2D eigenvalue weighted by Gasteiger charge is -2.15. The summed E-state index contributed by atoms with van der Waals surface area (Å²) in [5.41, 5.74) is 0.235. The average Bonchev–Trinajstić information content (AvgIpc) is 2.98. The molecule has 0 radical (unpaired) electrons. The molecule has 7 nitrogen and oxygen atoms in total. The highest BCUT2D eigenvalue weighted by Gasteiger charge is 2.19. The van der Waals surface area contributed by atoms with Crippen LogP contribution < -0.4 is 10.1 Å². The second kappa shape index (κ2) is 25.0. The summed E-state index contributed by atoms with van der Waals surface area (Å²) in [6.07, 6.45) is 29.6. The Morgan fingerprint density at radius 3 is 1.98 bits per heavy atom. The Hall–Kier alpha value is -3.71. The van der Waals surface area contributed by atoms with Crippen molar-refractivity contribution < 1.29 is 28.6 Å². The van der Waals surface area contributed by atoms with Gasteiger partial charge in [-0.25, -0.2) is 4.79 Å². The zero-order valence-corrected chi connectivity index (χ0v) is 25.6. The van der Waals surface area contributed by atoms with E-state index in [2.05, 4.69) is 73.0 Å². The number of unbranched alkanes of at least 4 members (excludes halogenated alkanes) is 2. The van der Waals surface area contributed by atoms with Gasteiger partial charge in [0.25, 0.3) is 5.91 Å². The molecule has 1 aromatic rings. The van der Waals surface area contributed by atoms with Gasteiger partial charge in [-0.15, -0.1) is 0 Å². The van der Waals surface area contributed by atoms with Crippen molar-refractivity contribution in [1.29, 1.82) is 0 Å². The molecule has 0 aliphatic heterocycles. The van der Waals surface area contributed by atoms with Gasteiger partial charge < -0.3 is 19.5 Å². The molecule has 7 heteroatoms. The van der Waals surface area contributed by atoms with Crippen LogP contribution in [0.15, 0.2) is 85.0 Å². The number of para-hydroxylation sites is 1. The van der Waals surface area contributed by atoms with E-state index >= 15 is 0 Å². The fourth-order valence-electron chi connectivity index (χ4n) is 3.71. The zero-order chi connectivity index (χ0) is 30.7. The lowest BCUT2D eigenvalue weighted by atomic mass is 10.2. The smallest absolute Gasteiger partial charge is 0.335 e. The van der Waals surface area contributed by atoms with Crippen LogP contribution in [0.2, 0.25) is 0 Å². The molecular formula is C35H49NO6.